The third-order valence-electron chi connectivity index (χ3n) is 3.76. The van der Waals surface area contributed by atoms with Gasteiger partial charge in [0.1, 0.15) is 12.1 Å². The second-order valence-electron chi connectivity index (χ2n) is 5.52. The van der Waals surface area contributed by atoms with E-state index in [-0.39, 0.29) is 5.84 Å². The van der Waals surface area contributed by atoms with Crippen molar-refractivity contribution in [1.82, 2.24) is 0 Å². The Kier molecular flexibility index (Phi) is 5.11. The van der Waals surface area contributed by atoms with E-state index in [0.717, 1.165) is 11.3 Å². The lowest BCUT2D eigenvalue weighted by Gasteiger charge is -2.11. The quantitative estimate of drug-likeness (QED) is 0.546. The number of rotatable bonds is 5. The van der Waals surface area contributed by atoms with Crippen LogP contribution in [0.2, 0.25) is 0 Å². The molecule has 2 aromatic carbocycles. The van der Waals surface area contributed by atoms with Gasteiger partial charge in [-0.3, -0.25) is 4.79 Å². The van der Waals surface area contributed by atoms with Gasteiger partial charge in [0, 0.05) is 17.8 Å². The fourth-order valence-electron chi connectivity index (χ4n) is 2.38. The van der Waals surface area contributed by atoms with Gasteiger partial charge in [0.25, 0.3) is 5.91 Å². The van der Waals surface area contributed by atoms with Gasteiger partial charge in [0.15, 0.2) is 0 Å². The van der Waals surface area contributed by atoms with Crippen molar-refractivity contribution in [2.24, 2.45) is 10.7 Å². The molecule has 6 nitrogen and oxygen atoms in total. The van der Waals surface area contributed by atoms with E-state index in [1.165, 1.54) is 18.6 Å². The second-order valence-corrected chi connectivity index (χ2v) is 5.52. The van der Waals surface area contributed by atoms with Crippen molar-refractivity contribution in [3.8, 4) is 6.07 Å². The molecule has 1 heterocycles. The van der Waals surface area contributed by atoms with E-state index in [9.17, 15) is 4.79 Å². The minimum Gasteiger partial charge on any atom is -0.472 e. The minimum absolute atomic E-state index is 0.124. The van der Waals surface area contributed by atoms with Crippen molar-refractivity contribution < 1.29 is 9.21 Å². The summed E-state index contributed by atoms with van der Waals surface area (Å²) >= 11 is 0. The van der Waals surface area contributed by atoms with Crippen LogP contribution in [0, 0.1) is 11.3 Å². The van der Waals surface area contributed by atoms with Gasteiger partial charge in [0.05, 0.1) is 23.5 Å². The Hall–Kier alpha value is -3.85. The normalized spacial score (nSPS) is 11.0. The van der Waals surface area contributed by atoms with Crippen molar-refractivity contribution in [2.45, 2.75) is 6.54 Å². The summed E-state index contributed by atoms with van der Waals surface area (Å²) in [6.07, 6.45) is 2.74. The van der Waals surface area contributed by atoms with Crippen LogP contribution >= 0.6 is 0 Å². The van der Waals surface area contributed by atoms with Crippen LogP contribution in [0.15, 0.2) is 76.5 Å². The molecule has 0 bridgehead atoms. The summed E-state index contributed by atoms with van der Waals surface area (Å²) < 4.78 is 4.89. The molecule has 3 N–H and O–H groups in total. The molecule has 0 radical (unpaired) electrons. The monoisotopic (exact) mass is 344 g/mol. The summed E-state index contributed by atoms with van der Waals surface area (Å²) in [5.74, 6) is -0.336. The van der Waals surface area contributed by atoms with Crippen molar-refractivity contribution in [3.63, 3.8) is 0 Å². The van der Waals surface area contributed by atoms with Gasteiger partial charge in [-0.15, -0.1) is 0 Å². The highest BCUT2D eigenvalue weighted by molar-refractivity contribution is 6.10. The van der Waals surface area contributed by atoms with Crippen molar-refractivity contribution in [1.29, 1.82) is 5.26 Å². The summed E-state index contributed by atoms with van der Waals surface area (Å²) in [6.45, 7) is 0.547. The lowest BCUT2D eigenvalue weighted by atomic mass is 10.1. The molecule has 0 aliphatic carbocycles. The highest BCUT2D eigenvalue weighted by Gasteiger charge is 2.10. The molecule has 3 rings (SSSR count). The molecule has 0 fully saturated rings. The highest BCUT2D eigenvalue weighted by Crippen LogP contribution is 2.17. The molecule has 128 valence electrons. The first kappa shape index (κ1) is 17.0. The van der Waals surface area contributed by atoms with E-state index in [4.69, 9.17) is 15.4 Å². The Morgan fingerprint density at radius 3 is 2.62 bits per heavy atom. The average Bonchev–Trinajstić information content (AvgIpc) is 3.22. The molecule has 1 aromatic heterocycles. The first-order valence-electron chi connectivity index (χ1n) is 7.90. The van der Waals surface area contributed by atoms with Gasteiger partial charge in [-0.05, 0) is 35.9 Å². The molecular formula is C20H16N4O2. The van der Waals surface area contributed by atoms with Crippen molar-refractivity contribution in [2.75, 3.05) is 5.32 Å². The summed E-state index contributed by atoms with van der Waals surface area (Å²) in [6, 6.07) is 18.3. The zero-order chi connectivity index (χ0) is 18.4. The smallest absolute Gasteiger partial charge is 0.282 e. The first-order valence-corrected chi connectivity index (χ1v) is 7.90. The number of aliphatic imine (C=N–C) groups is 1. The zero-order valence-corrected chi connectivity index (χ0v) is 13.8. The lowest BCUT2D eigenvalue weighted by Crippen LogP contribution is -2.18. The fraction of sp³-hybridized carbons (Fsp3) is 0.0500. The number of furan rings is 1. The van der Waals surface area contributed by atoms with Crippen LogP contribution in [0.25, 0.3) is 0 Å². The predicted octanol–water partition coefficient (Wildman–Crippen LogP) is 3.31. The Balaban J connectivity index is 1.77. The van der Waals surface area contributed by atoms with Gasteiger partial charge < -0.3 is 15.5 Å². The Morgan fingerprint density at radius 1 is 1.15 bits per heavy atom. The Labute approximate surface area is 150 Å². The van der Waals surface area contributed by atoms with E-state index in [1.807, 2.05) is 30.3 Å². The van der Waals surface area contributed by atoms with E-state index >= 15 is 0 Å². The van der Waals surface area contributed by atoms with Crippen LogP contribution in [0.1, 0.15) is 27.0 Å². The van der Waals surface area contributed by atoms with Crippen LogP contribution in [0.5, 0.6) is 0 Å². The maximum atomic E-state index is 12.1. The van der Waals surface area contributed by atoms with Gasteiger partial charge >= 0.3 is 0 Å². The number of nitrogens with one attached hydrogen (secondary N) is 1. The molecule has 26 heavy (non-hydrogen) atoms. The highest BCUT2D eigenvalue weighted by atomic mass is 16.3. The topological polar surface area (TPSA) is 104 Å². The number of carbonyl (C=O) groups is 1. The number of carbonyl (C=O) groups excluding carboxylic acids is 1. The molecule has 0 aliphatic heterocycles. The number of hydrogen-bond donors (Lipinski definition) is 2. The van der Waals surface area contributed by atoms with Gasteiger partial charge in [0.2, 0.25) is 0 Å². The number of anilines is 1. The molecule has 6 heteroatoms. The van der Waals surface area contributed by atoms with E-state index in [0.29, 0.717) is 23.2 Å². The second kappa shape index (κ2) is 7.81. The number of hydrogen-bond acceptors (Lipinski definition) is 4. The number of nitrogens with zero attached hydrogens (tertiary/aromatic N) is 2. The van der Waals surface area contributed by atoms with E-state index < -0.39 is 5.91 Å². The van der Waals surface area contributed by atoms with E-state index in [2.05, 4.69) is 16.4 Å². The first-order chi connectivity index (χ1) is 12.7. The maximum Gasteiger partial charge on any atom is 0.282 e. The summed E-state index contributed by atoms with van der Waals surface area (Å²) in [5.41, 5.74) is 9.41. The molecule has 0 saturated heterocycles. The maximum absolute atomic E-state index is 12.1. The molecule has 0 aliphatic rings. The summed E-state index contributed by atoms with van der Waals surface area (Å²) in [4.78, 5) is 16.0. The third kappa shape index (κ3) is 3.97. The zero-order valence-electron chi connectivity index (χ0n) is 13.8. The lowest BCUT2D eigenvalue weighted by molar-refractivity contribution is 0.100. The van der Waals surface area contributed by atoms with Crippen LogP contribution in [-0.2, 0) is 6.54 Å². The predicted molar refractivity (Wildman–Crippen MR) is 98.7 cm³/mol. The number of amidine groups is 1. The van der Waals surface area contributed by atoms with Gasteiger partial charge in [-0.25, -0.2) is 0 Å². The largest absolute Gasteiger partial charge is 0.472 e. The third-order valence-corrected chi connectivity index (χ3v) is 3.76. The SMILES string of the molecule is N#Cc1ccc(CNc2ccccc2C(N)=NC(=O)c2ccoc2)cc1. The van der Waals surface area contributed by atoms with Crippen molar-refractivity contribution >= 4 is 17.4 Å². The van der Waals surface area contributed by atoms with Gasteiger partial charge in [-0.2, -0.15) is 10.3 Å². The fourth-order valence-corrected chi connectivity index (χ4v) is 2.38. The van der Waals surface area contributed by atoms with Crippen LogP contribution in [0.3, 0.4) is 0 Å². The number of nitriles is 1. The molecule has 0 spiro atoms. The Morgan fingerprint density at radius 2 is 1.92 bits per heavy atom. The molecular weight excluding hydrogens is 328 g/mol. The molecule has 0 saturated carbocycles. The van der Waals surface area contributed by atoms with Crippen LogP contribution in [0.4, 0.5) is 5.69 Å². The summed E-state index contributed by atoms with van der Waals surface area (Å²) in [7, 11) is 0. The number of para-hydroxylation sites is 1. The molecule has 0 unspecified atom stereocenters. The minimum atomic E-state index is -0.460. The van der Waals surface area contributed by atoms with Crippen LogP contribution < -0.4 is 11.1 Å². The number of nitrogens with two attached hydrogens (primary N) is 1. The number of amides is 1. The van der Waals surface area contributed by atoms with Gasteiger partial charge in [-0.1, -0.05) is 24.3 Å². The Bertz CT molecular complexity index is 968. The molecule has 0 atom stereocenters. The van der Waals surface area contributed by atoms with Crippen LogP contribution in [-0.4, -0.2) is 11.7 Å². The van der Waals surface area contributed by atoms with Crippen molar-refractivity contribution in [3.05, 3.63) is 89.4 Å². The molecule has 3 aromatic rings. The molecule has 1 amide bonds. The van der Waals surface area contributed by atoms with E-state index in [1.54, 1.807) is 18.2 Å². The standard InChI is InChI=1S/C20H16N4O2/c21-11-14-5-7-15(8-6-14)12-23-18-4-2-1-3-17(18)19(22)24-20(25)16-9-10-26-13-16/h1-10,13,23H,12H2,(H2,22,24,25). The summed E-state index contributed by atoms with van der Waals surface area (Å²) in [5, 5.41) is 12.1. The number of benzene rings is 2. The average molecular weight is 344 g/mol.